The molecule has 0 unspecified atom stereocenters. The van der Waals surface area contributed by atoms with Gasteiger partial charge in [0.05, 0.1) is 0 Å². The Morgan fingerprint density at radius 2 is 1.59 bits per heavy atom. The van der Waals surface area contributed by atoms with Gasteiger partial charge in [0.2, 0.25) is 0 Å². The zero-order chi connectivity index (χ0) is 20.5. The molecule has 0 aromatic heterocycles. The predicted octanol–water partition coefficient (Wildman–Crippen LogP) is 6.34. The molecule has 0 spiro atoms. The monoisotopic (exact) mass is 425 g/mol. The molecule has 0 heterocycles. The second-order valence-corrected chi connectivity index (χ2v) is 7.86. The van der Waals surface area contributed by atoms with Crippen LogP contribution in [0.1, 0.15) is 18.1 Å². The molecule has 0 radical (unpaired) electrons. The van der Waals surface area contributed by atoms with Gasteiger partial charge in [-0.2, -0.15) is 0 Å². The second kappa shape index (κ2) is 10.8. The van der Waals surface area contributed by atoms with E-state index in [-0.39, 0.29) is 6.03 Å². The minimum atomic E-state index is -0.233. The van der Waals surface area contributed by atoms with E-state index in [2.05, 4.69) is 46.1 Å². The fourth-order valence-corrected chi connectivity index (χ4v) is 3.82. The van der Waals surface area contributed by atoms with Gasteiger partial charge in [0.25, 0.3) is 0 Å². The van der Waals surface area contributed by atoms with E-state index in [1.54, 1.807) is 11.9 Å². The molecule has 0 atom stereocenters. The molecule has 0 saturated carbocycles. The molecule has 0 aliphatic rings. The highest BCUT2D eigenvalue weighted by atomic mass is 35.5. The van der Waals surface area contributed by atoms with Crippen molar-refractivity contribution in [2.45, 2.75) is 19.2 Å². The maximum absolute atomic E-state index is 12.1. The number of amides is 2. The molecule has 0 fully saturated rings. The highest BCUT2D eigenvalue weighted by Crippen LogP contribution is 2.25. The van der Waals surface area contributed by atoms with Crippen molar-refractivity contribution in [2.24, 2.45) is 0 Å². The summed E-state index contributed by atoms with van der Waals surface area (Å²) in [5.74, 6) is 0.867. The van der Waals surface area contributed by atoms with Crippen molar-refractivity contribution >= 4 is 41.0 Å². The van der Waals surface area contributed by atoms with E-state index in [4.69, 9.17) is 11.6 Å². The highest BCUT2D eigenvalue weighted by molar-refractivity contribution is 7.99. The van der Waals surface area contributed by atoms with Gasteiger partial charge in [-0.05, 0) is 66.4 Å². The number of carbonyl (C=O) groups excluding carboxylic acids is 1. The Morgan fingerprint density at radius 1 is 0.931 bits per heavy atom. The maximum atomic E-state index is 12.1. The smallest absolute Gasteiger partial charge is 0.319 e. The fourth-order valence-electron chi connectivity index (χ4n) is 2.74. The Labute approximate surface area is 181 Å². The van der Waals surface area contributed by atoms with Crippen LogP contribution >= 0.6 is 23.5 Å². The number of urea groups is 1. The van der Waals surface area contributed by atoms with Gasteiger partial charge in [-0.3, -0.25) is 0 Å². The summed E-state index contributed by atoms with van der Waals surface area (Å²) < 4.78 is 2.27. The average Bonchev–Trinajstić information content (AvgIpc) is 2.76. The lowest BCUT2D eigenvalue weighted by Gasteiger charge is -2.21. The molecule has 0 aliphatic heterocycles. The maximum Gasteiger partial charge on any atom is 0.319 e. The normalized spacial score (nSPS) is 10.4. The van der Waals surface area contributed by atoms with Crippen LogP contribution in [0, 0.1) is 0 Å². The van der Waals surface area contributed by atoms with Gasteiger partial charge in [-0.25, -0.2) is 4.79 Å². The van der Waals surface area contributed by atoms with E-state index in [1.165, 1.54) is 11.3 Å². The first-order chi connectivity index (χ1) is 14.1. The largest absolute Gasteiger partial charge is 0.334 e. The lowest BCUT2D eigenvalue weighted by molar-refractivity contribution is 0.251. The molecule has 3 rings (SSSR count). The number of nitrogens with one attached hydrogen (secondary N) is 2. The zero-order valence-corrected chi connectivity index (χ0v) is 17.8. The van der Waals surface area contributed by atoms with Crippen molar-refractivity contribution in [3.05, 3.63) is 95.0 Å². The van der Waals surface area contributed by atoms with Gasteiger partial charge in [-0.1, -0.05) is 54.1 Å². The van der Waals surface area contributed by atoms with Gasteiger partial charge in [0.1, 0.15) is 0 Å². The topological polar surface area (TPSA) is 44.4 Å². The van der Waals surface area contributed by atoms with Crippen LogP contribution in [0.15, 0.2) is 78.9 Å². The summed E-state index contributed by atoms with van der Waals surface area (Å²) in [6.45, 7) is 3.53. The van der Waals surface area contributed by atoms with Crippen LogP contribution in [0.5, 0.6) is 0 Å². The number of halogens is 1. The molecular formula is C23H24ClN3OS. The van der Waals surface area contributed by atoms with Crippen molar-refractivity contribution in [1.82, 2.24) is 5.32 Å². The first-order valence-corrected chi connectivity index (χ1v) is 10.8. The van der Waals surface area contributed by atoms with E-state index in [1.807, 2.05) is 54.6 Å². The Morgan fingerprint density at radius 3 is 2.24 bits per heavy atom. The van der Waals surface area contributed by atoms with Crippen molar-refractivity contribution in [3.8, 4) is 0 Å². The summed E-state index contributed by atoms with van der Waals surface area (Å²) in [6.07, 6.45) is 0. The lowest BCUT2D eigenvalue weighted by atomic mass is 10.2. The van der Waals surface area contributed by atoms with E-state index in [0.29, 0.717) is 11.6 Å². The molecule has 3 aromatic rings. The molecule has 0 bridgehead atoms. The van der Waals surface area contributed by atoms with E-state index < -0.39 is 0 Å². The number of benzene rings is 3. The fraction of sp³-hybridized carbons (Fsp3) is 0.174. The van der Waals surface area contributed by atoms with E-state index in [0.717, 1.165) is 23.5 Å². The molecule has 150 valence electrons. The SMILES string of the molecule is CCN(SCc1ccc(NC(=O)NCc2ccc(Cl)cc2)cc1)c1ccccc1. The quantitative estimate of drug-likeness (QED) is 0.414. The molecule has 0 aliphatic carbocycles. The number of nitrogens with zero attached hydrogens (tertiary/aromatic N) is 1. The molecule has 2 N–H and O–H groups in total. The third kappa shape index (κ3) is 6.73. The Bertz CT molecular complexity index is 902. The van der Waals surface area contributed by atoms with E-state index in [9.17, 15) is 4.79 Å². The minimum Gasteiger partial charge on any atom is -0.334 e. The molecular weight excluding hydrogens is 402 g/mol. The Kier molecular flexibility index (Phi) is 7.85. The Balaban J connectivity index is 1.46. The van der Waals surface area contributed by atoms with Gasteiger partial charge in [-0.15, -0.1) is 0 Å². The average molecular weight is 426 g/mol. The van der Waals surface area contributed by atoms with Gasteiger partial charge in [0, 0.05) is 35.2 Å². The summed E-state index contributed by atoms with van der Waals surface area (Å²) in [5.41, 5.74) is 4.17. The summed E-state index contributed by atoms with van der Waals surface area (Å²) in [7, 11) is 0. The number of hydrogen-bond donors (Lipinski definition) is 2. The standard InChI is InChI=1S/C23H24ClN3OS/c1-2-27(22-6-4-3-5-7-22)29-17-19-10-14-21(15-11-19)26-23(28)25-16-18-8-12-20(24)13-9-18/h3-15H,2,16-17H2,1H3,(H2,25,26,28). The van der Waals surface area contributed by atoms with Crippen LogP contribution < -0.4 is 14.9 Å². The summed E-state index contributed by atoms with van der Waals surface area (Å²) in [4.78, 5) is 12.1. The van der Waals surface area contributed by atoms with Gasteiger partial charge < -0.3 is 14.9 Å². The van der Waals surface area contributed by atoms with Crippen LogP contribution in [0.3, 0.4) is 0 Å². The zero-order valence-electron chi connectivity index (χ0n) is 16.3. The third-order valence-corrected chi connectivity index (χ3v) is 5.79. The van der Waals surface area contributed by atoms with Crippen molar-refractivity contribution in [2.75, 3.05) is 16.2 Å². The number of anilines is 2. The molecule has 29 heavy (non-hydrogen) atoms. The highest BCUT2D eigenvalue weighted by Gasteiger charge is 2.06. The Hall–Kier alpha value is -2.63. The predicted molar refractivity (Wildman–Crippen MR) is 125 cm³/mol. The van der Waals surface area contributed by atoms with Crippen molar-refractivity contribution in [3.63, 3.8) is 0 Å². The summed E-state index contributed by atoms with van der Waals surface area (Å²) in [6, 6.07) is 25.5. The number of hydrogen-bond acceptors (Lipinski definition) is 3. The number of carbonyl (C=O) groups is 1. The number of para-hydroxylation sites is 1. The molecule has 3 aromatic carbocycles. The van der Waals surface area contributed by atoms with Crippen molar-refractivity contribution in [1.29, 1.82) is 0 Å². The first kappa shape index (κ1) is 21.1. The molecule has 4 nitrogen and oxygen atoms in total. The van der Waals surface area contributed by atoms with Crippen LogP contribution in [0.4, 0.5) is 16.2 Å². The van der Waals surface area contributed by atoms with E-state index >= 15 is 0 Å². The van der Waals surface area contributed by atoms with Crippen LogP contribution in [0.2, 0.25) is 5.02 Å². The third-order valence-electron chi connectivity index (χ3n) is 4.30. The van der Waals surface area contributed by atoms with Crippen LogP contribution in [-0.4, -0.2) is 12.6 Å². The first-order valence-electron chi connectivity index (χ1n) is 9.48. The second-order valence-electron chi connectivity index (χ2n) is 6.43. The lowest BCUT2D eigenvalue weighted by Crippen LogP contribution is -2.28. The summed E-state index contributed by atoms with van der Waals surface area (Å²) >= 11 is 7.65. The van der Waals surface area contributed by atoms with Gasteiger partial charge in [0.15, 0.2) is 0 Å². The van der Waals surface area contributed by atoms with Crippen LogP contribution in [-0.2, 0) is 12.3 Å². The molecule has 6 heteroatoms. The van der Waals surface area contributed by atoms with Crippen LogP contribution in [0.25, 0.3) is 0 Å². The molecule has 2 amide bonds. The number of rotatable bonds is 8. The minimum absolute atomic E-state index is 0.233. The van der Waals surface area contributed by atoms with Gasteiger partial charge >= 0.3 is 6.03 Å². The summed E-state index contributed by atoms with van der Waals surface area (Å²) in [5, 5.41) is 6.39. The molecule has 0 saturated heterocycles. The van der Waals surface area contributed by atoms with Crippen molar-refractivity contribution < 1.29 is 4.79 Å².